The van der Waals surface area contributed by atoms with E-state index in [1.54, 1.807) is 0 Å². The summed E-state index contributed by atoms with van der Waals surface area (Å²) in [6, 6.07) is 6.33. The zero-order valence-corrected chi connectivity index (χ0v) is 11.8. The number of aliphatic hydroxyl groups excluding tert-OH is 1. The normalized spacial score (nSPS) is 14.8. The van der Waals surface area contributed by atoms with Crippen molar-refractivity contribution in [1.82, 2.24) is 5.32 Å². The summed E-state index contributed by atoms with van der Waals surface area (Å²) in [5.74, 6) is 0. The van der Waals surface area contributed by atoms with Gasteiger partial charge in [-0.15, -0.1) is 0 Å². The SMILES string of the molecule is CCC(C)(CO)NCc1ccc(C)c(Br)c1. The summed E-state index contributed by atoms with van der Waals surface area (Å²) >= 11 is 3.52. The van der Waals surface area contributed by atoms with Gasteiger partial charge in [0.05, 0.1) is 6.61 Å². The molecular formula is C13H20BrNO. The zero-order valence-electron chi connectivity index (χ0n) is 10.2. The van der Waals surface area contributed by atoms with Crippen molar-refractivity contribution in [1.29, 1.82) is 0 Å². The van der Waals surface area contributed by atoms with Crippen molar-refractivity contribution < 1.29 is 5.11 Å². The van der Waals surface area contributed by atoms with Gasteiger partial charge in [0.1, 0.15) is 0 Å². The van der Waals surface area contributed by atoms with Crippen LogP contribution in [-0.4, -0.2) is 17.3 Å². The van der Waals surface area contributed by atoms with Gasteiger partial charge in [0, 0.05) is 16.6 Å². The summed E-state index contributed by atoms with van der Waals surface area (Å²) < 4.78 is 1.13. The smallest absolute Gasteiger partial charge is 0.0610 e. The van der Waals surface area contributed by atoms with E-state index in [1.165, 1.54) is 11.1 Å². The minimum atomic E-state index is -0.183. The molecule has 90 valence electrons. The maximum Gasteiger partial charge on any atom is 0.0610 e. The number of rotatable bonds is 5. The molecule has 1 rings (SSSR count). The second-order valence-electron chi connectivity index (χ2n) is 4.51. The van der Waals surface area contributed by atoms with Gasteiger partial charge in [0.2, 0.25) is 0 Å². The molecule has 0 aliphatic carbocycles. The van der Waals surface area contributed by atoms with Crippen LogP contribution in [0, 0.1) is 6.92 Å². The predicted molar refractivity (Wildman–Crippen MR) is 71.5 cm³/mol. The Morgan fingerprint density at radius 1 is 1.44 bits per heavy atom. The number of benzene rings is 1. The van der Waals surface area contributed by atoms with Crippen molar-refractivity contribution in [2.24, 2.45) is 0 Å². The first-order valence-electron chi connectivity index (χ1n) is 5.61. The van der Waals surface area contributed by atoms with Crippen molar-refractivity contribution in [3.63, 3.8) is 0 Å². The number of aliphatic hydroxyl groups is 1. The van der Waals surface area contributed by atoms with Gasteiger partial charge in [-0.25, -0.2) is 0 Å². The predicted octanol–water partition coefficient (Wildman–Crippen LogP) is 3.01. The van der Waals surface area contributed by atoms with E-state index in [2.05, 4.69) is 53.3 Å². The molecule has 0 aliphatic rings. The first-order chi connectivity index (χ1) is 7.50. The van der Waals surface area contributed by atoms with Crippen LogP contribution in [-0.2, 0) is 6.54 Å². The van der Waals surface area contributed by atoms with Gasteiger partial charge < -0.3 is 10.4 Å². The van der Waals surface area contributed by atoms with Crippen molar-refractivity contribution in [2.75, 3.05) is 6.61 Å². The van der Waals surface area contributed by atoms with E-state index in [0.717, 1.165) is 17.4 Å². The van der Waals surface area contributed by atoms with Gasteiger partial charge in [-0.2, -0.15) is 0 Å². The Labute approximate surface area is 106 Å². The van der Waals surface area contributed by atoms with Crippen molar-refractivity contribution >= 4 is 15.9 Å². The lowest BCUT2D eigenvalue weighted by atomic mass is 10.00. The van der Waals surface area contributed by atoms with E-state index < -0.39 is 0 Å². The highest BCUT2D eigenvalue weighted by Gasteiger charge is 2.19. The second kappa shape index (κ2) is 5.80. The summed E-state index contributed by atoms with van der Waals surface area (Å²) in [5.41, 5.74) is 2.28. The van der Waals surface area contributed by atoms with Gasteiger partial charge in [0.25, 0.3) is 0 Å². The fourth-order valence-electron chi connectivity index (χ4n) is 1.35. The maximum absolute atomic E-state index is 9.29. The molecule has 0 radical (unpaired) electrons. The van der Waals surface area contributed by atoms with Crippen LogP contribution >= 0.6 is 15.9 Å². The number of aryl methyl sites for hydroxylation is 1. The van der Waals surface area contributed by atoms with E-state index in [-0.39, 0.29) is 12.1 Å². The average Bonchev–Trinajstić information content (AvgIpc) is 2.30. The number of hydrogen-bond acceptors (Lipinski definition) is 2. The molecule has 0 spiro atoms. The molecule has 2 N–H and O–H groups in total. The van der Waals surface area contributed by atoms with Crippen LogP contribution in [0.3, 0.4) is 0 Å². The van der Waals surface area contributed by atoms with Gasteiger partial charge >= 0.3 is 0 Å². The molecule has 0 aromatic heterocycles. The minimum Gasteiger partial charge on any atom is -0.394 e. The standard InChI is InChI=1S/C13H20BrNO/c1-4-13(3,9-16)15-8-11-6-5-10(2)12(14)7-11/h5-7,15-16H,4,8-9H2,1-3H3. The van der Waals surface area contributed by atoms with Crippen LogP contribution < -0.4 is 5.32 Å². The van der Waals surface area contributed by atoms with Crippen LogP contribution in [0.4, 0.5) is 0 Å². The molecule has 1 atom stereocenters. The lowest BCUT2D eigenvalue weighted by molar-refractivity contribution is 0.169. The lowest BCUT2D eigenvalue weighted by Crippen LogP contribution is -2.44. The molecule has 1 aromatic carbocycles. The maximum atomic E-state index is 9.29. The first kappa shape index (κ1) is 13.7. The Bertz CT molecular complexity index is 348. The van der Waals surface area contributed by atoms with E-state index in [9.17, 15) is 5.11 Å². The topological polar surface area (TPSA) is 32.3 Å². The molecule has 1 unspecified atom stereocenters. The lowest BCUT2D eigenvalue weighted by Gasteiger charge is -2.27. The summed E-state index contributed by atoms with van der Waals surface area (Å²) in [5, 5.41) is 12.7. The van der Waals surface area contributed by atoms with Crippen LogP contribution in [0.25, 0.3) is 0 Å². The van der Waals surface area contributed by atoms with E-state index in [4.69, 9.17) is 0 Å². The quantitative estimate of drug-likeness (QED) is 0.872. The highest BCUT2D eigenvalue weighted by atomic mass is 79.9. The Balaban J connectivity index is 2.64. The Kier molecular flexibility index (Phi) is 4.96. The molecule has 16 heavy (non-hydrogen) atoms. The van der Waals surface area contributed by atoms with Gasteiger partial charge in [-0.3, -0.25) is 0 Å². The molecule has 3 heteroatoms. The largest absolute Gasteiger partial charge is 0.394 e. The zero-order chi connectivity index (χ0) is 12.2. The molecule has 0 saturated heterocycles. The molecule has 0 fully saturated rings. The second-order valence-corrected chi connectivity index (χ2v) is 5.36. The van der Waals surface area contributed by atoms with Crippen LogP contribution in [0.1, 0.15) is 31.4 Å². The van der Waals surface area contributed by atoms with Crippen LogP contribution in [0.5, 0.6) is 0 Å². The number of nitrogens with one attached hydrogen (secondary N) is 1. The molecule has 1 aromatic rings. The molecule has 0 bridgehead atoms. The first-order valence-corrected chi connectivity index (χ1v) is 6.41. The summed E-state index contributed by atoms with van der Waals surface area (Å²) in [4.78, 5) is 0. The molecular weight excluding hydrogens is 266 g/mol. The monoisotopic (exact) mass is 285 g/mol. The molecule has 0 heterocycles. The fourth-order valence-corrected chi connectivity index (χ4v) is 1.78. The Morgan fingerprint density at radius 2 is 2.12 bits per heavy atom. The third kappa shape index (κ3) is 3.58. The Hall–Kier alpha value is -0.380. The highest BCUT2D eigenvalue weighted by Crippen LogP contribution is 2.18. The van der Waals surface area contributed by atoms with E-state index in [0.29, 0.717) is 0 Å². The van der Waals surface area contributed by atoms with Crippen molar-refractivity contribution in [2.45, 2.75) is 39.3 Å². The van der Waals surface area contributed by atoms with Crippen LogP contribution in [0.2, 0.25) is 0 Å². The summed E-state index contributed by atoms with van der Waals surface area (Å²) in [7, 11) is 0. The average molecular weight is 286 g/mol. The third-order valence-corrected chi connectivity index (χ3v) is 3.94. The van der Waals surface area contributed by atoms with Crippen LogP contribution in [0.15, 0.2) is 22.7 Å². The van der Waals surface area contributed by atoms with Gasteiger partial charge in [-0.05, 0) is 37.5 Å². The summed E-state index contributed by atoms with van der Waals surface area (Å²) in [6.45, 7) is 7.13. The minimum absolute atomic E-state index is 0.163. The molecule has 0 aliphatic heterocycles. The third-order valence-electron chi connectivity index (χ3n) is 3.08. The molecule has 0 amide bonds. The highest BCUT2D eigenvalue weighted by molar-refractivity contribution is 9.10. The fraction of sp³-hybridized carbons (Fsp3) is 0.538. The van der Waals surface area contributed by atoms with Gasteiger partial charge in [0.15, 0.2) is 0 Å². The van der Waals surface area contributed by atoms with Crippen molar-refractivity contribution in [3.8, 4) is 0 Å². The van der Waals surface area contributed by atoms with E-state index >= 15 is 0 Å². The van der Waals surface area contributed by atoms with Gasteiger partial charge in [-0.1, -0.05) is 35.0 Å². The summed E-state index contributed by atoms with van der Waals surface area (Å²) in [6.07, 6.45) is 0.913. The number of hydrogen-bond donors (Lipinski definition) is 2. The van der Waals surface area contributed by atoms with Crippen molar-refractivity contribution in [3.05, 3.63) is 33.8 Å². The molecule has 2 nitrogen and oxygen atoms in total. The molecule has 0 saturated carbocycles. The van der Waals surface area contributed by atoms with E-state index in [1.807, 2.05) is 6.92 Å². The Morgan fingerprint density at radius 3 is 2.62 bits per heavy atom. The number of halogens is 1.